The first-order chi connectivity index (χ1) is 13.6. The Morgan fingerprint density at radius 3 is 2.46 bits per heavy atom. The average Bonchev–Trinajstić information content (AvgIpc) is 2.73. The smallest absolute Gasteiger partial charge is 0.191 e. The van der Waals surface area contributed by atoms with E-state index < -0.39 is 0 Å². The quantitative estimate of drug-likeness (QED) is 0.592. The fourth-order valence-corrected chi connectivity index (χ4v) is 3.92. The molecule has 1 aliphatic rings. The van der Waals surface area contributed by atoms with Gasteiger partial charge in [0.25, 0.3) is 0 Å². The molecule has 0 bridgehead atoms. The molecule has 1 fully saturated rings. The maximum Gasteiger partial charge on any atom is 0.191 e. The van der Waals surface area contributed by atoms with Gasteiger partial charge in [-0.15, -0.1) is 0 Å². The van der Waals surface area contributed by atoms with Crippen molar-refractivity contribution in [2.75, 3.05) is 33.4 Å². The van der Waals surface area contributed by atoms with E-state index in [1.807, 2.05) is 12.1 Å². The second-order valence-corrected chi connectivity index (χ2v) is 7.44. The van der Waals surface area contributed by atoms with Crippen LogP contribution in [-0.4, -0.2) is 39.3 Å². The first kappa shape index (κ1) is 20.3. The van der Waals surface area contributed by atoms with Crippen LogP contribution in [0.15, 0.2) is 53.5 Å². The standard InChI is InChI=1S/C23H30FN3O/c1-18-5-3-4-6-21(18)23(12-15-28-16-13-23)17-27-22(25-2)26-14-11-19-7-9-20(24)10-8-19/h3-10H,11-17H2,1-2H3,(H2,25,26,27). The molecular formula is C23H30FN3O. The molecule has 2 aromatic rings. The summed E-state index contributed by atoms with van der Waals surface area (Å²) in [6.07, 6.45) is 2.81. The van der Waals surface area contributed by atoms with Crippen LogP contribution in [0, 0.1) is 12.7 Å². The van der Waals surface area contributed by atoms with Crippen LogP contribution >= 0.6 is 0 Å². The Balaban J connectivity index is 1.60. The third-order valence-corrected chi connectivity index (χ3v) is 5.60. The average molecular weight is 384 g/mol. The molecular weight excluding hydrogens is 353 g/mol. The van der Waals surface area contributed by atoms with Crippen molar-refractivity contribution in [2.45, 2.75) is 31.6 Å². The van der Waals surface area contributed by atoms with E-state index >= 15 is 0 Å². The number of guanidine groups is 1. The molecule has 2 aromatic carbocycles. The van der Waals surface area contributed by atoms with E-state index in [2.05, 4.69) is 46.8 Å². The van der Waals surface area contributed by atoms with Crippen molar-refractivity contribution < 1.29 is 9.13 Å². The lowest BCUT2D eigenvalue weighted by Crippen LogP contribution is -2.48. The molecule has 1 aliphatic heterocycles. The SMILES string of the molecule is CN=C(NCCc1ccc(F)cc1)NCC1(c2ccccc2C)CCOCC1. The largest absolute Gasteiger partial charge is 0.381 e. The van der Waals surface area contributed by atoms with Gasteiger partial charge in [0.1, 0.15) is 5.82 Å². The van der Waals surface area contributed by atoms with Crippen LogP contribution in [0.1, 0.15) is 29.5 Å². The summed E-state index contributed by atoms with van der Waals surface area (Å²) in [7, 11) is 1.79. The Bertz CT molecular complexity index is 783. The van der Waals surface area contributed by atoms with E-state index in [1.165, 1.54) is 23.3 Å². The molecule has 0 atom stereocenters. The van der Waals surface area contributed by atoms with E-state index in [1.54, 1.807) is 7.05 Å². The molecule has 0 aromatic heterocycles. The van der Waals surface area contributed by atoms with E-state index in [0.29, 0.717) is 0 Å². The highest BCUT2D eigenvalue weighted by Crippen LogP contribution is 2.36. The van der Waals surface area contributed by atoms with Crippen molar-refractivity contribution in [2.24, 2.45) is 4.99 Å². The number of aliphatic imine (C=N–C) groups is 1. The Morgan fingerprint density at radius 1 is 1.07 bits per heavy atom. The zero-order chi connectivity index (χ0) is 19.8. The minimum Gasteiger partial charge on any atom is -0.381 e. The van der Waals surface area contributed by atoms with Crippen molar-refractivity contribution in [3.05, 3.63) is 71.0 Å². The summed E-state index contributed by atoms with van der Waals surface area (Å²) >= 11 is 0. The number of hydrogen-bond donors (Lipinski definition) is 2. The minimum atomic E-state index is -0.202. The van der Waals surface area contributed by atoms with Crippen LogP contribution in [0.2, 0.25) is 0 Å². The van der Waals surface area contributed by atoms with Gasteiger partial charge in [-0.3, -0.25) is 4.99 Å². The second-order valence-electron chi connectivity index (χ2n) is 7.44. The molecule has 1 heterocycles. The van der Waals surface area contributed by atoms with E-state index in [0.717, 1.165) is 57.1 Å². The number of hydrogen-bond acceptors (Lipinski definition) is 2. The van der Waals surface area contributed by atoms with Gasteiger partial charge in [0, 0.05) is 38.8 Å². The molecule has 0 radical (unpaired) electrons. The van der Waals surface area contributed by atoms with Crippen molar-refractivity contribution in [3.63, 3.8) is 0 Å². The number of rotatable bonds is 6. The summed E-state index contributed by atoms with van der Waals surface area (Å²) in [4.78, 5) is 4.37. The van der Waals surface area contributed by atoms with E-state index in [4.69, 9.17) is 4.74 Å². The van der Waals surface area contributed by atoms with Crippen LogP contribution in [0.5, 0.6) is 0 Å². The predicted molar refractivity (Wildman–Crippen MR) is 112 cm³/mol. The summed E-state index contributed by atoms with van der Waals surface area (Å²) in [5.74, 6) is 0.591. The molecule has 0 spiro atoms. The molecule has 0 saturated carbocycles. The molecule has 3 rings (SSSR count). The Kier molecular flexibility index (Phi) is 7.04. The van der Waals surface area contributed by atoms with Crippen LogP contribution < -0.4 is 10.6 Å². The van der Waals surface area contributed by atoms with Crippen LogP contribution in [0.25, 0.3) is 0 Å². The molecule has 150 valence electrons. The zero-order valence-corrected chi connectivity index (χ0v) is 16.8. The van der Waals surface area contributed by atoms with Crippen LogP contribution in [-0.2, 0) is 16.6 Å². The lowest BCUT2D eigenvalue weighted by molar-refractivity contribution is 0.0512. The normalized spacial score (nSPS) is 16.6. The number of nitrogens with one attached hydrogen (secondary N) is 2. The number of halogens is 1. The summed E-state index contributed by atoms with van der Waals surface area (Å²) in [6.45, 7) is 5.31. The molecule has 0 unspecified atom stereocenters. The third kappa shape index (κ3) is 5.10. The molecule has 5 heteroatoms. The van der Waals surface area contributed by atoms with E-state index in [9.17, 15) is 4.39 Å². The molecule has 0 amide bonds. The Hall–Kier alpha value is -2.40. The molecule has 4 nitrogen and oxygen atoms in total. The van der Waals surface area contributed by atoms with E-state index in [-0.39, 0.29) is 11.2 Å². The van der Waals surface area contributed by atoms with Crippen molar-refractivity contribution in [3.8, 4) is 0 Å². The third-order valence-electron chi connectivity index (χ3n) is 5.60. The zero-order valence-electron chi connectivity index (χ0n) is 16.8. The Morgan fingerprint density at radius 2 is 1.79 bits per heavy atom. The second kappa shape index (κ2) is 9.69. The number of ether oxygens (including phenoxy) is 1. The van der Waals surface area contributed by atoms with Gasteiger partial charge in [-0.2, -0.15) is 0 Å². The molecule has 28 heavy (non-hydrogen) atoms. The van der Waals surface area contributed by atoms with Gasteiger partial charge in [0.05, 0.1) is 0 Å². The highest BCUT2D eigenvalue weighted by molar-refractivity contribution is 5.79. The lowest BCUT2D eigenvalue weighted by Gasteiger charge is -2.39. The monoisotopic (exact) mass is 383 g/mol. The summed E-state index contributed by atoms with van der Waals surface area (Å²) in [5.41, 5.74) is 3.88. The van der Waals surface area contributed by atoms with Crippen molar-refractivity contribution in [1.29, 1.82) is 0 Å². The van der Waals surface area contributed by atoms with Gasteiger partial charge in [-0.1, -0.05) is 36.4 Å². The molecule has 2 N–H and O–H groups in total. The van der Waals surface area contributed by atoms with Crippen LogP contribution in [0.3, 0.4) is 0 Å². The first-order valence-corrected chi connectivity index (χ1v) is 9.96. The molecule has 0 aliphatic carbocycles. The Labute approximate surface area is 167 Å². The highest BCUT2D eigenvalue weighted by Gasteiger charge is 2.35. The number of aryl methyl sites for hydroxylation is 1. The van der Waals surface area contributed by atoms with Crippen molar-refractivity contribution >= 4 is 5.96 Å². The number of nitrogens with zero attached hydrogens (tertiary/aromatic N) is 1. The topological polar surface area (TPSA) is 45.7 Å². The minimum absolute atomic E-state index is 0.0537. The van der Waals surface area contributed by atoms with Gasteiger partial charge in [-0.05, 0) is 55.0 Å². The van der Waals surface area contributed by atoms with Crippen LogP contribution in [0.4, 0.5) is 4.39 Å². The molecule has 1 saturated heterocycles. The summed E-state index contributed by atoms with van der Waals surface area (Å²) in [6, 6.07) is 15.3. The van der Waals surface area contributed by atoms with Gasteiger partial charge in [0.2, 0.25) is 0 Å². The lowest BCUT2D eigenvalue weighted by atomic mass is 9.72. The fraction of sp³-hybridized carbons (Fsp3) is 0.435. The van der Waals surface area contributed by atoms with Gasteiger partial charge >= 0.3 is 0 Å². The van der Waals surface area contributed by atoms with Gasteiger partial charge in [-0.25, -0.2) is 4.39 Å². The first-order valence-electron chi connectivity index (χ1n) is 9.96. The maximum atomic E-state index is 13.0. The van der Waals surface area contributed by atoms with Crippen molar-refractivity contribution in [1.82, 2.24) is 10.6 Å². The van der Waals surface area contributed by atoms with Gasteiger partial charge in [0.15, 0.2) is 5.96 Å². The fourth-order valence-electron chi connectivity index (χ4n) is 3.92. The highest BCUT2D eigenvalue weighted by atomic mass is 19.1. The summed E-state index contributed by atoms with van der Waals surface area (Å²) in [5, 5.41) is 6.89. The predicted octanol–water partition coefficient (Wildman–Crippen LogP) is 3.59. The maximum absolute atomic E-state index is 13.0. The van der Waals surface area contributed by atoms with Gasteiger partial charge < -0.3 is 15.4 Å². The summed E-state index contributed by atoms with van der Waals surface area (Å²) < 4.78 is 18.7. The number of benzene rings is 2.